The van der Waals surface area contributed by atoms with Crippen LogP contribution >= 0.6 is 0 Å². The Balaban J connectivity index is 2.13. The largest absolute Gasteiger partial charge is 0.494 e. The van der Waals surface area contributed by atoms with E-state index in [1.165, 1.54) is 0 Å². The van der Waals surface area contributed by atoms with Gasteiger partial charge >= 0.3 is 5.97 Å². The summed E-state index contributed by atoms with van der Waals surface area (Å²) in [5.74, 6) is 0.932. The van der Waals surface area contributed by atoms with Crippen molar-refractivity contribution >= 4 is 5.97 Å². The summed E-state index contributed by atoms with van der Waals surface area (Å²) >= 11 is 0. The van der Waals surface area contributed by atoms with Gasteiger partial charge in [-0.25, -0.2) is 0 Å². The van der Waals surface area contributed by atoms with Gasteiger partial charge in [0.25, 0.3) is 0 Å². The second-order valence-corrected chi connectivity index (χ2v) is 6.39. The monoisotopic (exact) mass is 338 g/mol. The van der Waals surface area contributed by atoms with Crippen LogP contribution in [0.2, 0.25) is 0 Å². The van der Waals surface area contributed by atoms with Gasteiger partial charge in [0, 0.05) is 6.42 Å². The van der Waals surface area contributed by atoms with Gasteiger partial charge < -0.3 is 19.7 Å². The summed E-state index contributed by atoms with van der Waals surface area (Å²) in [4.78, 5) is 11.5. The van der Waals surface area contributed by atoms with Gasteiger partial charge in [0.1, 0.15) is 5.75 Å². The Morgan fingerprint density at radius 3 is 2.21 bits per heavy atom. The predicted octanol–water partition coefficient (Wildman–Crippen LogP) is 3.20. The zero-order chi connectivity index (χ0) is 17.8. The molecular weight excluding hydrogens is 308 g/mol. The first-order valence-corrected chi connectivity index (χ1v) is 8.68. The SMILES string of the molecule is CC(C)COC(=O)CCCCCCOc1cc(CO)cc(CO)c1. The van der Waals surface area contributed by atoms with Gasteiger partial charge in [0.15, 0.2) is 0 Å². The van der Waals surface area contributed by atoms with Gasteiger partial charge in [-0.1, -0.05) is 32.8 Å². The number of esters is 1. The van der Waals surface area contributed by atoms with Crippen LogP contribution in [0.25, 0.3) is 0 Å². The molecule has 0 aliphatic rings. The van der Waals surface area contributed by atoms with Gasteiger partial charge in [-0.15, -0.1) is 0 Å². The Kier molecular flexibility index (Phi) is 10.1. The van der Waals surface area contributed by atoms with Crippen molar-refractivity contribution in [2.24, 2.45) is 5.92 Å². The van der Waals surface area contributed by atoms with Gasteiger partial charge in [0.2, 0.25) is 0 Å². The highest BCUT2D eigenvalue weighted by Crippen LogP contribution is 2.18. The summed E-state index contributed by atoms with van der Waals surface area (Å²) in [5.41, 5.74) is 1.47. The molecule has 0 fully saturated rings. The third kappa shape index (κ3) is 8.89. The molecule has 1 aromatic rings. The third-order valence-electron chi connectivity index (χ3n) is 3.51. The highest BCUT2D eigenvalue weighted by molar-refractivity contribution is 5.69. The fraction of sp³-hybridized carbons (Fsp3) is 0.632. The topological polar surface area (TPSA) is 76.0 Å². The minimum absolute atomic E-state index is 0.0723. The molecule has 2 N–H and O–H groups in total. The van der Waals surface area contributed by atoms with Crippen LogP contribution in [0, 0.1) is 5.92 Å². The number of aliphatic hydroxyl groups is 2. The van der Waals surface area contributed by atoms with Gasteiger partial charge in [0.05, 0.1) is 26.4 Å². The summed E-state index contributed by atoms with van der Waals surface area (Å²) in [6.07, 6.45) is 4.18. The first-order valence-electron chi connectivity index (χ1n) is 8.68. The lowest BCUT2D eigenvalue weighted by Gasteiger charge is -2.10. The van der Waals surface area contributed by atoms with Crippen molar-refractivity contribution in [2.75, 3.05) is 13.2 Å². The first kappa shape index (κ1) is 20.5. The van der Waals surface area contributed by atoms with Crippen LogP contribution in [0.4, 0.5) is 0 Å². The number of hydrogen-bond donors (Lipinski definition) is 2. The Labute approximate surface area is 144 Å². The molecule has 0 saturated carbocycles. The van der Waals surface area contributed by atoms with Gasteiger partial charge in [-0.3, -0.25) is 4.79 Å². The molecule has 0 aliphatic carbocycles. The maximum absolute atomic E-state index is 11.5. The average Bonchev–Trinajstić information content (AvgIpc) is 2.58. The van der Waals surface area contributed by atoms with E-state index in [2.05, 4.69) is 0 Å². The van der Waals surface area contributed by atoms with E-state index in [9.17, 15) is 15.0 Å². The molecule has 1 rings (SSSR count). The number of carbonyl (C=O) groups is 1. The van der Waals surface area contributed by atoms with Crippen molar-refractivity contribution in [2.45, 2.75) is 59.2 Å². The van der Waals surface area contributed by atoms with E-state index >= 15 is 0 Å². The Morgan fingerprint density at radius 2 is 1.62 bits per heavy atom. The molecule has 0 spiro atoms. The van der Waals surface area contributed by atoms with Crippen molar-refractivity contribution in [3.8, 4) is 5.75 Å². The van der Waals surface area contributed by atoms with E-state index in [-0.39, 0.29) is 19.2 Å². The van der Waals surface area contributed by atoms with Crippen molar-refractivity contribution in [3.63, 3.8) is 0 Å². The van der Waals surface area contributed by atoms with Crippen molar-refractivity contribution in [3.05, 3.63) is 29.3 Å². The molecular formula is C19H30O5. The maximum Gasteiger partial charge on any atom is 0.305 e. The molecule has 0 heterocycles. The summed E-state index contributed by atoms with van der Waals surface area (Å²) in [5, 5.41) is 18.4. The molecule has 0 atom stereocenters. The lowest BCUT2D eigenvalue weighted by atomic mass is 10.1. The van der Waals surface area contributed by atoms with Crippen LogP contribution in [0.1, 0.15) is 57.1 Å². The molecule has 24 heavy (non-hydrogen) atoms. The van der Waals surface area contributed by atoms with Crippen LogP contribution in [0.15, 0.2) is 18.2 Å². The van der Waals surface area contributed by atoms with E-state index < -0.39 is 0 Å². The third-order valence-corrected chi connectivity index (χ3v) is 3.51. The van der Waals surface area contributed by atoms with Crippen molar-refractivity contribution in [1.29, 1.82) is 0 Å². The maximum atomic E-state index is 11.5. The minimum atomic E-state index is -0.114. The Bertz CT molecular complexity index is 462. The summed E-state index contributed by atoms with van der Waals surface area (Å²) < 4.78 is 10.8. The van der Waals surface area contributed by atoms with Crippen molar-refractivity contribution < 1.29 is 24.5 Å². The molecule has 0 unspecified atom stereocenters. The lowest BCUT2D eigenvalue weighted by molar-refractivity contribution is -0.144. The molecule has 0 radical (unpaired) electrons. The number of hydrogen-bond acceptors (Lipinski definition) is 5. The molecule has 5 heteroatoms. The summed E-state index contributed by atoms with van der Waals surface area (Å²) in [6.45, 7) is 4.97. The normalized spacial score (nSPS) is 10.9. The number of aliphatic hydroxyl groups excluding tert-OH is 2. The van der Waals surface area contributed by atoms with Crippen LogP contribution in [0.5, 0.6) is 5.75 Å². The zero-order valence-electron chi connectivity index (χ0n) is 14.8. The van der Waals surface area contributed by atoms with Gasteiger partial charge in [-0.2, -0.15) is 0 Å². The van der Waals surface area contributed by atoms with Crippen LogP contribution in [0.3, 0.4) is 0 Å². The van der Waals surface area contributed by atoms with Crippen LogP contribution < -0.4 is 4.74 Å². The zero-order valence-corrected chi connectivity index (χ0v) is 14.8. The quantitative estimate of drug-likeness (QED) is 0.452. The van der Waals surface area contributed by atoms with Gasteiger partial charge in [-0.05, 0) is 42.0 Å². The molecule has 5 nitrogen and oxygen atoms in total. The second-order valence-electron chi connectivity index (χ2n) is 6.39. The van der Waals surface area contributed by atoms with E-state index in [0.29, 0.717) is 31.3 Å². The molecule has 136 valence electrons. The molecule has 0 aliphatic heterocycles. The Hall–Kier alpha value is -1.59. The van der Waals surface area contributed by atoms with E-state index in [0.717, 1.165) is 36.8 Å². The number of carbonyl (C=O) groups excluding carboxylic acids is 1. The molecule has 1 aromatic carbocycles. The smallest absolute Gasteiger partial charge is 0.305 e. The summed E-state index contributed by atoms with van der Waals surface area (Å²) in [6, 6.07) is 5.32. The van der Waals surface area contributed by atoms with Crippen molar-refractivity contribution in [1.82, 2.24) is 0 Å². The standard InChI is InChI=1S/C19H30O5/c1-15(2)14-24-19(22)7-5-3-4-6-8-23-18-10-16(12-20)9-17(11-18)13-21/h9-11,15,20-21H,3-8,12-14H2,1-2H3. The highest BCUT2D eigenvalue weighted by Gasteiger charge is 2.04. The minimum Gasteiger partial charge on any atom is -0.494 e. The summed E-state index contributed by atoms with van der Waals surface area (Å²) in [7, 11) is 0. The number of benzene rings is 1. The molecule has 0 saturated heterocycles. The predicted molar refractivity (Wildman–Crippen MR) is 92.7 cm³/mol. The van der Waals surface area contributed by atoms with E-state index in [1.54, 1.807) is 18.2 Å². The number of rotatable bonds is 12. The van der Waals surface area contributed by atoms with E-state index in [4.69, 9.17) is 9.47 Å². The second kappa shape index (κ2) is 11.9. The van der Waals surface area contributed by atoms with Crippen LogP contribution in [-0.2, 0) is 22.7 Å². The highest BCUT2D eigenvalue weighted by atomic mass is 16.5. The molecule has 0 amide bonds. The lowest BCUT2D eigenvalue weighted by Crippen LogP contribution is -2.09. The molecule has 0 bridgehead atoms. The van der Waals surface area contributed by atoms with Crippen LogP contribution in [-0.4, -0.2) is 29.4 Å². The van der Waals surface area contributed by atoms with E-state index in [1.807, 2.05) is 13.8 Å². The number of unbranched alkanes of at least 4 members (excludes halogenated alkanes) is 3. The first-order chi connectivity index (χ1) is 11.5. The average molecular weight is 338 g/mol. The Morgan fingerprint density at radius 1 is 1.00 bits per heavy atom. The molecule has 0 aromatic heterocycles. The fourth-order valence-electron chi connectivity index (χ4n) is 2.24. The fourth-order valence-corrected chi connectivity index (χ4v) is 2.24. The number of ether oxygens (including phenoxy) is 2.